The second-order valence-corrected chi connectivity index (χ2v) is 2.18. The maximum atomic E-state index is 12.6. The summed E-state index contributed by atoms with van der Waals surface area (Å²) in [5.41, 5.74) is 0.510. The summed E-state index contributed by atoms with van der Waals surface area (Å²) in [4.78, 5) is 0. The van der Waals surface area contributed by atoms with Crippen molar-refractivity contribution < 1.29 is 14.1 Å². The standard InChI is InChI=1S/C7H8BFO2/c1-5-4-6(11-8-10)2-3-7(5)9/h2-4,8,10H,1H3. The predicted octanol–water partition coefficient (Wildman–Crippen LogP) is 0.772. The van der Waals surface area contributed by atoms with Crippen molar-refractivity contribution in [3.05, 3.63) is 29.6 Å². The third-order valence-corrected chi connectivity index (χ3v) is 1.36. The largest absolute Gasteiger partial charge is 0.539 e. The molecule has 0 aliphatic heterocycles. The Kier molecular flexibility index (Phi) is 2.49. The summed E-state index contributed by atoms with van der Waals surface area (Å²) in [6.07, 6.45) is 0. The van der Waals surface area contributed by atoms with Crippen LogP contribution < -0.4 is 4.65 Å². The normalized spacial score (nSPS) is 9.36. The van der Waals surface area contributed by atoms with Gasteiger partial charge in [0.05, 0.1) is 0 Å². The van der Waals surface area contributed by atoms with Crippen LogP contribution in [0.5, 0.6) is 5.75 Å². The fourth-order valence-electron chi connectivity index (χ4n) is 0.782. The molecule has 2 nitrogen and oxygen atoms in total. The molecule has 0 aromatic heterocycles. The summed E-state index contributed by atoms with van der Waals surface area (Å²) in [5, 5.41) is 8.36. The number of rotatable bonds is 2. The van der Waals surface area contributed by atoms with E-state index in [0.29, 0.717) is 11.3 Å². The molecule has 11 heavy (non-hydrogen) atoms. The number of hydrogen-bond donors (Lipinski definition) is 1. The summed E-state index contributed by atoms with van der Waals surface area (Å²) in [7, 11) is -0.384. The first-order valence-corrected chi connectivity index (χ1v) is 3.24. The molecule has 0 spiro atoms. The molecule has 1 aromatic rings. The van der Waals surface area contributed by atoms with E-state index in [4.69, 9.17) is 9.68 Å². The molecule has 0 aliphatic rings. The Morgan fingerprint density at radius 2 is 2.27 bits per heavy atom. The SMILES string of the molecule is Cc1cc(OBO)ccc1F. The van der Waals surface area contributed by atoms with Crippen molar-refractivity contribution >= 4 is 7.69 Å². The van der Waals surface area contributed by atoms with E-state index in [-0.39, 0.29) is 13.5 Å². The summed E-state index contributed by atoms with van der Waals surface area (Å²) in [6.45, 7) is 1.64. The van der Waals surface area contributed by atoms with Gasteiger partial charge in [-0.1, -0.05) is 0 Å². The van der Waals surface area contributed by atoms with E-state index < -0.39 is 0 Å². The van der Waals surface area contributed by atoms with E-state index in [2.05, 4.69) is 0 Å². The van der Waals surface area contributed by atoms with Crippen LogP contribution in [0.1, 0.15) is 5.56 Å². The van der Waals surface area contributed by atoms with Crippen LogP contribution in [0.4, 0.5) is 4.39 Å². The van der Waals surface area contributed by atoms with Gasteiger partial charge in [-0.3, -0.25) is 0 Å². The van der Waals surface area contributed by atoms with Gasteiger partial charge in [-0.25, -0.2) is 4.39 Å². The van der Waals surface area contributed by atoms with Crippen molar-refractivity contribution in [2.24, 2.45) is 0 Å². The van der Waals surface area contributed by atoms with Gasteiger partial charge in [0.15, 0.2) is 0 Å². The van der Waals surface area contributed by atoms with Crippen molar-refractivity contribution in [3.63, 3.8) is 0 Å². The Hall–Kier alpha value is -1.03. The van der Waals surface area contributed by atoms with E-state index in [9.17, 15) is 4.39 Å². The summed E-state index contributed by atoms with van der Waals surface area (Å²) < 4.78 is 17.4. The maximum Gasteiger partial charge on any atom is 0.504 e. The zero-order valence-corrected chi connectivity index (χ0v) is 6.17. The maximum absolute atomic E-state index is 12.6. The Labute approximate surface area is 64.9 Å². The summed E-state index contributed by atoms with van der Waals surface area (Å²) >= 11 is 0. The van der Waals surface area contributed by atoms with Gasteiger partial charge in [0.25, 0.3) is 0 Å². The van der Waals surface area contributed by atoms with Crippen molar-refractivity contribution in [2.45, 2.75) is 6.92 Å². The second-order valence-electron chi connectivity index (χ2n) is 2.18. The molecule has 0 bridgehead atoms. The van der Waals surface area contributed by atoms with Crippen LogP contribution in [0, 0.1) is 12.7 Å². The van der Waals surface area contributed by atoms with Gasteiger partial charge in [0.2, 0.25) is 0 Å². The smallest absolute Gasteiger partial charge is 0.504 e. The van der Waals surface area contributed by atoms with E-state index >= 15 is 0 Å². The van der Waals surface area contributed by atoms with Gasteiger partial charge in [0.1, 0.15) is 11.6 Å². The van der Waals surface area contributed by atoms with E-state index in [1.54, 1.807) is 6.92 Å². The van der Waals surface area contributed by atoms with Gasteiger partial charge in [-0.2, -0.15) is 0 Å². The van der Waals surface area contributed by atoms with Crippen LogP contribution in [0.3, 0.4) is 0 Å². The van der Waals surface area contributed by atoms with Crippen molar-refractivity contribution in [2.75, 3.05) is 0 Å². The van der Waals surface area contributed by atoms with Crippen molar-refractivity contribution in [3.8, 4) is 5.75 Å². The molecule has 0 atom stereocenters. The molecule has 1 aromatic carbocycles. The highest BCUT2D eigenvalue weighted by Crippen LogP contribution is 2.14. The zero-order valence-electron chi connectivity index (χ0n) is 6.17. The molecule has 0 unspecified atom stereocenters. The van der Waals surface area contributed by atoms with Gasteiger partial charge >= 0.3 is 7.69 Å². The topological polar surface area (TPSA) is 29.5 Å². The van der Waals surface area contributed by atoms with Crippen molar-refractivity contribution in [1.82, 2.24) is 0 Å². The fourth-order valence-corrected chi connectivity index (χ4v) is 0.782. The molecular formula is C7H8BFO2. The quantitative estimate of drug-likeness (QED) is 0.637. The second kappa shape index (κ2) is 3.39. The molecule has 0 saturated heterocycles. The minimum atomic E-state index is -0.384. The third-order valence-electron chi connectivity index (χ3n) is 1.36. The molecular weight excluding hydrogens is 146 g/mol. The molecule has 0 fully saturated rings. The number of aryl methyl sites for hydroxylation is 1. The molecule has 0 aliphatic carbocycles. The molecule has 1 rings (SSSR count). The highest BCUT2D eigenvalue weighted by Gasteiger charge is 1.98. The van der Waals surface area contributed by atoms with Gasteiger partial charge in [0, 0.05) is 0 Å². The van der Waals surface area contributed by atoms with Gasteiger partial charge in [-0.05, 0) is 30.7 Å². The van der Waals surface area contributed by atoms with Crippen LogP contribution >= 0.6 is 0 Å². The molecule has 58 valence electrons. The molecule has 0 radical (unpaired) electrons. The molecule has 0 saturated carbocycles. The van der Waals surface area contributed by atoms with Crippen LogP contribution in [0.25, 0.3) is 0 Å². The Morgan fingerprint density at radius 1 is 1.55 bits per heavy atom. The van der Waals surface area contributed by atoms with Crippen LogP contribution in [0.15, 0.2) is 18.2 Å². The Morgan fingerprint density at radius 3 is 2.82 bits per heavy atom. The molecule has 0 amide bonds. The lowest BCUT2D eigenvalue weighted by atomic mass is 10.2. The summed E-state index contributed by atoms with van der Waals surface area (Å²) in [6, 6.07) is 4.31. The van der Waals surface area contributed by atoms with Gasteiger partial charge < -0.3 is 9.68 Å². The average molecular weight is 154 g/mol. The van der Waals surface area contributed by atoms with E-state index in [1.165, 1.54) is 18.2 Å². The molecule has 1 N–H and O–H groups in total. The monoisotopic (exact) mass is 154 g/mol. The van der Waals surface area contributed by atoms with Crippen LogP contribution in [-0.4, -0.2) is 12.7 Å². The van der Waals surface area contributed by atoms with Gasteiger partial charge in [-0.15, -0.1) is 0 Å². The lowest BCUT2D eigenvalue weighted by Gasteiger charge is -2.02. The minimum Gasteiger partial charge on any atom is -0.539 e. The highest BCUT2D eigenvalue weighted by atomic mass is 19.1. The lowest BCUT2D eigenvalue weighted by Crippen LogP contribution is -2.00. The lowest BCUT2D eigenvalue weighted by molar-refractivity contribution is 0.452. The van der Waals surface area contributed by atoms with E-state index in [1.807, 2.05) is 0 Å². The first-order chi connectivity index (χ1) is 5.24. The Bertz CT molecular complexity index is 252. The van der Waals surface area contributed by atoms with Crippen LogP contribution in [-0.2, 0) is 0 Å². The number of halogens is 1. The fraction of sp³-hybridized carbons (Fsp3) is 0.143. The van der Waals surface area contributed by atoms with Crippen molar-refractivity contribution in [1.29, 1.82) is 0 Å². The molecule has 0 heterocycles. The average Bonchev–Trinajstić information content (AvgIpc) is 1.98. The van der Waals surface area contributed by atoms with E-state index in [0.717, 1.165) is 0 Å². The first-order valence-electron chi connectivity index (χ1n) is 3.24. The van der Waals surface area contributed by atoms with Crippen LogP contribution in [0.2, 0.25) is 0 Å². The zero-order chi connectivity index (χ0) is 8.27. The predicted molar refractivity (Wildman–Crippen MR) is 41.1 cm³/mol. The molecule has 4 heteroatoms. The number of hydrogen-bond acceptors (Lipinski definition) is 2. The number of benzene rings is 1. The Balaban J connectivity index is 2.86. The third kappa shape index (κ3) is 1.95. The first kappa shape index (κ1) is 8.08. The summed E-state index contributed by atoms with van der Waals surface area (Å²) in [5.74, 6) is 0.210. The minimum absolute atomic E-state index is 0.268. The highest BCUT2D eigenvalue weighted by molar-refractivity contribution is 6.17.